The van der Waals surface area contributed by atoms with E-state index in [9.17, 15) is 39.6 Å². The van der Waals surface area contributed by atoms with E-state index in [1.54, 1.807) is 13.8 Å². The molecule has 0 aliphatic carbocycles. The quantitative estimate of drug-likeness (QED) is 0.342. The highest BCUT2D eigenvalue weighted by molar-refractivity contribution is 7.92. The summed E-state index contributed by atoms with van der Waals surface area (Å²) in [5, 5.41) is 0. The van der Waals surface area contributed by atoms with E-state index < -0.39 is 63.5 Å². The summed E-state index contributed by atoms with van der Waals surface area (Å²) in [6.07, 6.45) is -4.80. The third-order valence-electron chi connectivity index (χ3n) is 5.84. The second kappa shape index (κ2) is 9.86. The topological polar surface area (TPSA) is 66.9 Å². The molecular formula is C25H20F6N2O4S. The molecule has 1 amide bonds. The minimum absolute atomic E-state index is 0.0404. The Balaban J connectivity index is 1.88. The predicted octanol–water partition coefficient (Wildman–Crippen LogP) is 6.13. The van der Waals surface area contributed by atoms with Crippen LogP contribution in [-0.2, 0) is 16.2 Å². The molecule has 0 saturated carbocycles. The fraction of sp³-hybridized carbons (Fsp3) is 0.240. The van der Waals surface area contributed by atoms with E-state index in [0.29, 0.717) is 6.07 Å². The number of alkyl halides is 5. The zero-order valence-corrected chi connectivity index (χ0v) is 20.7. The first kappa shape index (κ1) is 27.3. The van der Waals surface area contributed by atoms with Crippen molar-refractivity contribution in [2.75, 3.05) is 11.0 Å². The monoisotopic (exact) mass is 558 g/mol. The van der Waals surface area contributed by atoms with Crippen molar-refractivity contribution >= 4 is 21.6 Å². The van der Waals surface area contributed by atoms with Gasteiger partial charge in [0.1, 0.15) is 18.2 Å². The lowest BCUT2D eigenvalue weighted by atomic mass is 10.00. The van der Waals surface area contributed by atoms with Crippen LogP contribution < -0.4 is 9.04 Å². The van der Waals surface area contributed by atoms with Crippen molar-refractivity contribution < 1.29 is 44.3 Å². The van der Waals surface area contributed by atoms with Gasteiger partial charge in [-0.1, -0.05) is 12.1 Å². The van der Waals surface area contributed by atoms with E-state index in [-0.39, 0.29) is 22.4 Å². The van der Waals surface area contributed by atoms with Crippen molar-refractivity contribution in [2.45, 2.75) is 37.6 Å². The SMILES string of the molecule is CC(C)N1CN(S(=O)(=O)c2cccc(C(F)(F)F)c2)c2cc(-c3cc(F)cc(OC(F)F)c3)ccc2C1=O. The average molecular weight is 559 g/mol. The average Bonchev–Trinajstić information content (AvgIpc) is 2.82. The maximum atomic E-state index is 14.1. The number of hydrogen-bond donors (Lipinski definition) is 0. The fourth-order valence-electron chi connectivity index (χ4n) is 4.00. The summed E-state index contributed by atoms with van der Waals surface area (Å²) in [6, 6.07) is 9.45. The molecule has 4 rings (SSSR count). The third-order valence-corrected chi connectivity index (χ3v) is 7.58. The van der Waals surface area contributed by atoms with Crippen molar-refractivity contribution in [3.05, 3.63) is 77.6 Å². The molecule has 1 aliphatic rings. The fourth-order valence-corrected chi connectivity index (χ4v) is 5.46. The molecule has 38 heavy (non-hydrogen) atoms. The van der Waals surface area contributed by atoms with Gasteiger partial charge >= 0.3 is 12.8 Å². The molecule has 0 unspecified atom stereocenters. The van der Waals surface area contributed by atoms with Crippen LogP contribution in [0.1, 0.15) is 29.8 Å². The number of benzene rings is 3. The van der Waals surface area contributed by atoms with Crippen LogP contribution >= 0.6 is 0 Å². The molecule has 0 radical (unpaired) electrons. The normalized spacial score (nSPS) is 14.3. The van der Waals surface area contributed by atoms with Crippen molar-refractivity contribution in [1.29, 1.82) is 0 Å². The lowest BCUT2D eigenvalue weighted by Crippen LogP contribution is -2.51. The van der Waals surface area contributed by atoms with E-state index in [4.69, 9.17) is 0 Å². The molecule has 202 valence electrons. The second-order valence-corrected chi connectivity index (χ2v) is 10.5. The first-order valence-corrected chi connectivity index (χ1v) is 12.5. The molecule has 0 spiro atoms. The lowest BCUT2D eigenvalue weighted by Gasteiger charge is -2.39. The van der Waals surface area contributed by atoms with Gasteiger partial charge in [0.2, 0.25) is 0 Å². The van der Waals surface area contributed by atoms with Gasteiger partial charge in [0.05, 0.1) is 21.7 Å². The number of nitrogens with zero attached hydrogens (tertiary/aromatic N) is 2. The first-order valence-electron chi connectivity index (χ1n) is 11.1. The number of sulfonamides is 1. The molecule has 0 saturated heterocycles. The van der Waals surface area contributed by atoms with Gasteiger partial charge in [0.15, 0.2) is 0 Å². The van der Waals surface area contributed by atoms with Crippen LogP contribution in [0, 0.1) is 5.82 Å². The molecule has 3 aromatic rings. The van der Waals surface area contributed by atoms with Crippen LogP contribution in [0.15, 0.2) is 65.6 Å². The molecule has 13 heteroatoms. The number of carbonyl (C=O) groups excluding carboxylic acids is 1. The van der Waals surface area contributed by atoms with Crippen LogP contribution in [0.3, 0.4) is 0 Å². The van der Waals surface area contributed by atoms with Gasteiger partial charge in [-0.3, -0.25) is 4.79 Å². The third kappa shape index (κ3) is 5.28. The standard InChI is InChI=1S/C25H20F6N2O4S/c1-14(2)32-13-33(38(35,36)20-5-3-4-17(11-20)25(29,30)31)22-10-15(6-7-21(22)23(32)34)16-8-18(26)12-19(9-16)37-24(27)28/h3-12,14,24H,13H2,1-2H3. The second-order valence-electron chi connectivity index (χ2n) is 8.68. The van der Waals surface area contributed by atoms with Gasteiger partial charge in [-0.2, -0.15) is 22.0 Å². The number of carbonyl (C=O) groups is 1. The maximum absolute atomic E-state index is 14.1. The van der Waals surface area contributed by atoms with Gasteiger partial charge in [-0.05, 0) is 67.4 Å². The Labute approximate surface area is 214 Å². The molecule has 0 bridgehead atoms. The van der Waals surface area contributed by atoms with Crippen molar-refractivity contribution in [1.82, 2.24) is 4.90 Å². The maximum Gasteiger partial charge on any atom is 0.416 e. The summed E-state index contributed by atoms with van der Waals surface area (Å²) in [5.41, 5.74) is -1.21. The Morgan fingerprint density at radius 3 is 2.29 bits per heavy atom. The van der Waals surface area contributed by atoms with Gasteiger partial charge < -0.3 is 9.64 Å². The van der Waals surface area contributed by atoms with Gasteiger partial charge in [0.25, 0.3) is 15.9 Å². The highest BCUT2D eigenvalue weighted by Gasteiger charge is 2.39. The number of hydrogen-bond acceptors (Lipinski definition) is 4. The van der Waals surface area contributed by atoms with Crippen LogP contribution in [0.2, 0.25) is 0 Å². The Hall–Kier alpha value is -3.74. The van der Waals surface area contributed by atoms with Crippen molar-refractivity contribution in [3.8, 4) is 16.9 Å². The Morgan fingerprint density at radius 1 is 0.947 bits per heavy atom. The Bertz CT molecular complexity index is 1490. The number of fused-ring (bicyclic) bond motifs is 1. The van der Waals surface area contributed by atoms with E-state index >= 15 is 0 Å². The summed E-state index contributed by atoms with van der Waals surface area (Å²) < 4.78 is 112. The highest BCUT2D eigenvalue weighted by Crippen LogP contribution is 2.38. The van der Waals surface area contributed by atoms with Gasteiger partial charge in [-0.25, -0.2) is 17.1 Å². The van der Waals surface area contributed by atoms with Crippen LogP contribution in [0.5, 0.6) is 5.75 Å². The number of halogens is 6. The Morgan fingerprint density at radius 2 is 1.66 bits per heavy atom. The zero-order chi connectivity index (χ0) is 28.0. The first-order chi connectivity index (χ1) is 17.7. The van der Waals surface area contributed by atoms with Crippen LogP contribution in [-0.4, -0.2) is 38.5 Å². The van der Waals surface area contributed by atoms with Crippen molar-refractivity contribution in [3.63, 3.8) is 0 Å². The molecule has 3 aromatic carbocycles. The van der Waals surface area contributed by atoms with Crippen LogP contribution in [0.4, 0.5) is 32.0 Å². The number of ether oxygens (including phenoxy) is 1. The smallest absolute Gasteiger partial charge is 0.416 e. The molecule has 1 heterocycles. The Kier molecular flexibility index (Phi) is 7.08. The molecule has 0 atom stereocenters. The molecule has 0 fully saturated rings. The summed E-state index contributed by atoms with van der Waals surface area (Å²) in [4.78, 5) is 13.7. The summed E-state index contributed by atoms with van der Waals surface area (Å²) in [5.74, 6) is -1.92. The largest absolute Gasteiger partial charge is 0.435 e. The predicted molar refractivity (Wildman–Crippen MR) is 126 cm³/mol. The van der Waals surface area contributed by atoms with Gasteiger partial charge in [-0.15, -0.1) is 0 Å². The number of rotatable bonds is 6. The zero-order valence-electron chi connectivity index (χ0n) is 19.8. The molecular weight excluding hydrogens is 538 g/mol. The molecule has 1 aliphatic heterocycles. The van der Waals surface area contributed by atoms with E-state index in [0.717, 1.165) is 40.7 Å². The summed E-state index contributed by atoms with van der Waals surface area (Å²) in [7, 11) is -4.64. The summed E-state index contributed by atoms with van der Waals surface area (Å²) in [6.45, 7) is -0.442. The van der Waals surface area contributed by atoms with Crippen molar-refractivity contribution in [2.24, 2.45) is 0 Å². The van der Waals surface area contributed by atoms with Gasteiger partial charge in [0, 0.05) is 12.1 Å². The molecule has 0 N–H and O–H groups in total. The van der Waals surface area contributed by atoms with E-state index in [1.807, 2.05) is 0 Å². The molecule has 6 nitrogen and oxygen atoms in total. The minimum atomic E-state index is -4.80. The lowest BCUT2D eigenvalue weighted by molar-refractivity contribution is -0.137. The number of amides is 1. The highest BCUT2D eigenvalue weighted by atomic mass is 32.2. The minimum Gasteiger partial charge on any atom is -0.435 e. The van der Waals surface area contributed by atoms with E-state index in [2.05, 4.69) is 4.74 Å². The summed E-state index contributed by atoms with van der Waals surface area (Å²) >= 11 is 0. The number of anilines is 1. The molecule has 0 aromatic heterocycles. The van der Waals surface area contributed by atoms with E-state index in [1.165, 1.54) is 23.1 Å². The van der Waals surface area contributed by atoms with Crippen LogP contribution in [0.25, 0.3) is 11.1 Å².